The monoisotopic (exact) mass is 654 g/mol. The van der Waals surface area contributed by atoms with Crippen LogP contribution in [0, 0.1) is 5.92 Å². The largest absolute Gasteiger partial charge is 0.506 e. The molecule has 0 saturated heterocycles. The van der Waals surface area contributed by atoms with E-state index in [1.165, 1.54) is 23.6 Å². The van der Waals surface area contributed by atoms with E-state index in [0.29, 0.717) is 36.7 Å². The van der Waals surface area contributed by atoms with Crippen molar-refractivity contribution in [1.29, 1.82) is 0 Å². The number of likely N-dealkylation sites (N-methyl/N-ethyl adjacent to an activating group) is 1. The van der Waals surface area contributed by atoms with Crippen LogP contribution in [0.2, 0.25) is 0 Å². The number of rotatable bonds is 14. The summed E-state index contributed by atoms with van der Waals surface area (Å²) in [7, 11) is 2.09. The first-order valence-corrected chi connectivity index (χ1v) is 17.0. The number of amides is 1. The summed E-state index contributed by atoms with van der Waals surface area (Å²) in [6, 6.07) is 21.4. The number of aromatic hydroxyl groups is 1. The molecule has 2 aliphatic rings. The molecule has 6 rings (SSSR count). The molecule has 2 heterocycles. The molecule has 1 aromatic heterocycles. The van der Waals surface area contributed by atoms with E-state index in [9.17, 15) is 20.1 Å². The van der Waals surface area contributed by atoms with E-state index in [4.69, 9.17) is 9.15 Å². The predicted octanol–water partition coefficient (Wildman–Crippen LogP) is 5.07. The molecule has 2 atom stereocenters. The van der Waals surface area contributed by atoms with Gasteiger partial charge in [-0.3, -0.25) is 4.79 Å². The van der Waals surface area contributed by atoms with E-state index in [2.05, 4.69) is 51.8 Å². The predicted molar refractivity (Wildman–Crippen MR) is 183 cm³/mol. The number of carbonyl (C=O) groups is 1. The van der Waals surface area contributed by atoms with Crippen molar-refractivity contribution >= 4 is 11.6 Å². The number of benzene rings is 3. The number of nitrogens with zero attached hydrogens (tertiary/aromatic N) is 2. The molecule has 1 saturated carbocycles. The Bertz CT molecular complexity index is 1650. The lowest BCUT2D eigenvalue weighted by Gasteiger charge is -2.36. The number of anilines is 1. The summed E-state index contributed by atoms with van der Waals surface area (Å²) in [6.45, 7) is 2.40. The van der Waals surface area contributed by atoms with Crippen molar-refractivity contribution in [3.8, 4) is 11.5 Å². The van der Waals surface area contributed by atoms with Crippen LogP contribution in [0.25, 0.3) is 0 Å². The molecule has 10 nitrogen and oxygen atoms in total. The molecule has 1 fully saturated rings. The molecule has 5 N–H and O–H groups in total. The fourth-order valence-corrected chi connectivity index (χ4v) is 6.87. The molecule has 254 valence electrons. The summed E-state index contributed by atoms with van der Waals surface area (Å²) in [4.78, 5) is 18.5. The fourth-order valence-electron chi connectivity index (χ4n) is 6.87. The Labute approximate surface area is 281 Å². The zero-order chi connectivity index (χ0) is 33.5. The van der Waals surface area contributed by atoms with Gasteiger partial charge in [0.2, 0.25) is 5.89 Å². The summed E-state index contributed by atoms with van der Waals surface area (Å²) < 4.78 is 11.7. The normalized spacial score (nSPS) is 17.0. The van der Waals surface area contributed by atoms with Crippen molar-refractivity contribution in [1.82, 2.24) is 15.2 Å². The van der Waals surface area contributed by atoms with Crippen LogP contribution >= 0.6 is 0 Å². The lowest BCUT2D eigenvalue weighted by Crippen LogP contribution is -2.38. The molecule has 1 aliphatic carbocycles. The minimum atomic E-state index is -1.22. The number of phenolic OH excluding ortho intramolecular Hbond substituents is 1. The Morgan fingerprint density at radius 2 is 1.77 bits per heavy atom. The minimum absolute atomic E-state index is 0.0887. The summed E-state index contributed by atoms with van der Waals surface area (Å²) in [5.74, 6) is 1.14. The molecule has 0 bridgehead atoms. The SMILES string of the molecule is CN(CCc1cnc(C(O)(c2ccccc2)C2CCCCC2)o1)Cc1ccc(CCNCC(O)c2ccc(O)c3c2OCC(=O)N3)cc1. The van der Waals surface area contributed by atoms with Gasteiger partial charge in [-0.1, -0.05) is 73.9 Å². The minimum Gasteiger partial charge on any atom is -0.506 e. The zero-order valence-corrected chi connectivity index (χ0v) is 27.5. The molecule has 48 heavy (non-hydrogen) atoms. The van der Waals surface area contributed by atoms with Crippen LogP contribution in [0.4, 0.5) is 5.69 Å². The third-order valence-corrected chi connectivity index (χ3v) is 9.57. The molecule has 4 aromatic rings. The first-order chi connectivity index (χ1) is 23.3. The van der Waals surface area contributed by atoms with Crippen LogP contribution in [0.3, 0.4) is 0 Å². The van der Waals surface area contributed by atoms with E-state index >= 15 is 0 Å². The number of hydrogen-bond acceptors (Lipinski definition) is 9. The van der Waals surface area contributed by atoms with Gasteiger partial charge >= 0.3 is 0 Å². The van der Waals surface area contributed by atoms with Crippen LogP contribution in [0.1, 0.15) is 72.1 Å². The van der Waals surface area contributed by atoms with Crippen LogP contribution in [0.5, 0.6) is 11.5 Å². The summed E-state index contributed by atoms with van der Waals surface area (Å²) in [5, 5.41) is 38.8. The number of ether oxygens (including phenoxy) is 1. The van der Waals surface area contributed by atoms with Gasteiger partial charge in [-0.2, -0.15) is 0 Å². The van der Waals surface area contributed by atoms with Gasteiger partial charge in [-0.25, -0.2) is 4.98 Å². The van der Waals surface area contributed by atoms with Gasteiger partial charge in [0.15, 0.2) is 18.0 Å². The molecule has 0 radical (unpaired) electrons. The molecular formula is C38H46N4O6. The van der Waals surface area contributed by atoms with Crippen LogP contribution < -0.4 is 15.4 Å². The average molecular weight is 655 g/mol. The highest BCUT2D eigenvalue weighted by atomic mass is 16.5. The van der Waals surface area contributed by atoms with Gasteiger partial charge < -0.3 is 40.0 Å². The molecule has 0 spiro atoms. The lowest BCUT2D eigenvalue weighted by molar-refractivity contribution is -0.118. The molecule has 1 amide bonds. The molecule has 2 unspecified atom stereocenters. The Morgan fingerprint density at radius 1 is 1.02 bits per heavy atom. The van der Waals surface area contributed by atoms with E-state index in [-0.39, 0.29) is 29.9 Å². The van der Waals surface area contributed by atoms with Crippen LogP contribution in [0.15, 0.2) is 77.3 Å². The number of aliphatic hydroxyl groups is 2. The smallest absolute Gasteiger partial charge is 0.262 e. The molecular weight excluding hydrogens is 608 g/mol. The second kappa shape index (κ2) is 15.3. The van der Waals surface area contributed by atoms with Crippen molar-refractivity contribution in [3.05, 3.63) is 107 Å². The number of phenols is 1. The zero-order valence-electron chi connectivity index (χ0n) is 27.5. The number of nitrogens with one attached hydrogen (secondary N) is 2. The van der Waals surface area contributed by atoms with Crippen LogP contribution in [-0.4, -0.2) is 64.4 Å². The highest BCUT2D eigenvalue weighted by molar-refractivity contribution is 5.97. The van der Waals surface area contributed by atoms with Gasteiger partial charge in [0.1, 0.15) is 17.2 Å². The van der Waals surface area contributed by atoms with Crippen molar-refractivity contribution in [3.63, 3.8) is 0 Å². The maximum absolute atomic E-state index is 12.1. The first kappa shape index (κ1) is 33.7. The van der Waals surface area contributed by atoms with E-state index in [1.807, 2.05) is 30.3 Å². The van der Waals surface area contributed by atoms with Gasteiger partial charge in [0.05, 0.1) is 12.3 Å². The average Bonchev–Trinajstić information content (AvgIpc) is 3.60. The second-order valence-corrected chi connectivity index (χ2v) is 13.1. The first-order valence-electron chi connectivity index (χ1n) is 17.0. The number of aromatic nitrogens is 1. The number of carbonyl (C=O) groups excluding carboxylic acids is 1. The van der Waals surface area contributed by atoms with Gasteiger partial charge in [0, 0.05) is 37.5 Å². The van der Waals surface area contributed by atoms with Gasteiger partial charge in [0.25, 0.3) is 5.91 Å². The molecule has 3 aromatic carbocycles. The Morgan fingerprint density at radius 3 is 2.54 bits per heavy atom. The van der Waals surface area contributed by atoms with Crippen molar-refractivity contribution in [2.45, 2.75) is 63.2 Å². The molecule has 1 aliphatic heterocycles. The van der Waals surface area contributed by atoms with Gasteiger partial charge in [-0.15, -0.1) is 0 Å². The fraction of sp³-hybridized carbons (Fsp3) is 0.421. The third kappa shape index (κ3) is 7.73. The summed E-state index contributed by atoms with van der Waals surface area (Å²) >= 11 is 0. The summed E-state index contributed by atoms with van der Waals surface area (Å²) in [6.07, 6.45) is 7.77. The van der Waals surface area contributed by atoms with E-state index < -0.39 is 11.7 Å². The molecule has 10 heteroatoms. The van der Waals surface area contributed by atoms with E-state index in [1.54, 1.807) is 12.3 Å². The Hall–Kier alpha value is -4.22. The number of fused-ring (bicyclic) bond motifs is 1. The Balaban J connectivity index is 0.961. The topological polar surface area (TPSA) is 140 Å². The van der Waals surface area contributed by atoms with Crippen molar-refractivity contribution in [2.24, 2.45) is 5.92 Å². The third-order valence-electron chi connectivity index (χ3n) is 9.57. The maximum Gasteiger partial charge on any atom is 0.262 e. The second-order valence-electron chi connectivity index (χ2n) is 13.1. The number of aliphatic hydroxyl groups excluding tert-OH is 1. The quantitative estimate of drug-likeness (QED) is 0.0932. The highest BCUT2D eigenvalue weighted by Crippen LogP contribution is 2.44. The van der Waals surface area contributed by atoms with Crippen LogP contribution in [-0.2, 0) is 29.8 Å². The lowest BCUT2D eigenvalue weighted by atomic mass is 9.73. The number of hydrogen-bond donors (Lipinski definition) is 5. The van der Waals surface area contributed by atoms with Crippen molar-refractivity contribution < 1.29 is 29.3 Å². The summed E-state index contributed by atoms with van der Waals surface area (Å²) in [5.41, 5.74) is 2.74. The Kier molecular flexibility index (Phi) is 10.8. The standard InChI is InChI=1S/C38H46N4O6/c1-42(21-19-30-22-40-37(48-30)38(46,28-8-4-2-5-9-28)29-10-6-3-7-11-29)24-27-14-12-26(13-15-27)18-20-39-23-33(44)31-16-17-32(43)35-36(31)47-25-34(45)41-35/h2,4-5,8-9,12-17,22,29,33,39,43-44,46H,3,6-7,10-11,18-21,23-25H2,1H3,(H,41,45). The van der Waals surface area contributed by atoms with E-state index in [0.717, 1.165) is 56.5 Å². The number of oxazole rings is 1. The highest BCUT2D eigenvalue weighted by Gasteiger charge is 2.44. The maximum atomic E-state index is 12.1. The van der Waals surface area contributed by atoms with Crippen molar-refractivity contribution in [2.75, 3.05) is 38.6 Å². The van der Waals surface area contributed by atoms with Gasteiger partial charge in [-0.05, 0) is 61.7 Å².